The van der Waals surface area contributed by atoms with Crippen LogP contribution in [0.25, 0.3) is 0 Å². The van der Waals surface area contributed by atoms with E-state index < -0.39 is 0 Å². The number of fused-ring (bicyclic) bond motifs is 2. The maximum Gasteiger partial charge on any atom is 0.224 e. The molecule has 3 heteroatoms. The number of carbonyl (C=O) groups is 1. The summed E-state index contributed by atoms with van der Waals surface area (Å²) in [6.07, 6.45) is 5.50. The summed E-state index contributed by atoms with van der Waals surface area (Å²) in [4.78, 5) is 11.4. The van der Waals surface area contributed by atoms with Gasteiger partial charge in [0.25, 0.3) is 0 Å². The molecule has 0 spiro atoms. The Kier molecular flexibility index (Phi) is 2.63. The van der Waals surface area contributed by atoms with Gasteiger partial charge in [-0.15, -0.1) is 11.6 Å². The van der Waals surface area contributed by atoms with E-state index in [0.29, 0.717) is 12.3 Å². The van der Waals surface area contributed by atoms with Crippen LogP contribution in [-0.2, 0) is 11.2 Å². The first kappa shape index (κ1) is 11.8. The van der Waals surface area contributed by atoms with Crippen molar-refractivity contribution in [2.24, 2.45) is 17.8 Å². The minimum Gasteiger partial charge on any atom is -0.326 e. The number of hydrogen-bond donors (Lipinski definition) is 1. The van der Waals surface area contributed by atoms with Crippen LogP contribution < -0.4 is 5.32 Å². The van der Waals surface area contributed by atoms with Crippen molar-refractivity contribution in [3.8, 4) is 0 Å². The van der Waals surface area contributed by atoms with Crippen molar-refractivity contribution in [2.75, 3.05) is 5.32 Å². The van der Waals surface area contributed by atoms with Crippen LogP contribution in [0.3, 0.4) is 0 Å². The highest BCUT2D eigenvalue weighted by Gasteiger charge is 2.47. The molecule has 1 amide bonds. The van der Waals surface area contributed by atoms with E-state index in [2.05, 4.69) is 17.4 Å². The van der Waals surface area contributed by atoms with Crippen LogP contribution in [0, 0.1) is 17.8 Å². The molecule has 0 saturated heterocycles. The highest BCUT2D eigenvalue weighted by Crippen LogP contribution is 2.58. The number of anilines is 1. The summed E-state index contributed by atoms with van der Waals surface area (Å²) < 4.78 is 0. The molecule has 1 aromatic rings. The Balaban J connectivity index is 1.56. The minimum absolute atomic E-state index is 0.124. The van der Waals surface area contributed by atoms with Crippen molar-refractivity contribution < 1.29 is 4.79 Å². The third-order valence-corrected chi connectivity index (χ3v) is 5.65. The van der Waals surface area contributed by atoms with Gasteiger partial charge in [0, 0.05) is 12.1 Å². The zero-order valence-electron chi connectivity index (χ0n) is 10.9. The topological polar surface area (TPSA) is 29.1 Å². The fraction of sp³-hybridized carbons (Fsp3) is 0.562. The van der Waals surface area contributed by atoms with E-state index in [4.69, 9.17) is 11.6 Å². The molecule has 2 nitrogen and oxygen atoms in total. The molecule has 2 saturated carbocycles. The standard InChI is InChI=1S/C16H18ClNO/c17-16(13-7-11-6-12(11)8-13)10-1-3-14-9(5-10)2-4-15(19)18-14/h1,3,5,11-13,16H,2,4,6-8H2,(H,18,19). The van der Waals surface area contributed by atoms with E-state index in [0.717, 1.165) is 23.9 Å². The van der Waals surface area contributed by atoms with Crippen molar-refractivity contribution in [3.63, 3.8) is 0 Å². The van der Waals surface area contributed by atoms with Crippen molar-refractivity contribution in [1.82, 2.24) is 0 Å². The smallest absolute Gasteiger partial charge is 0.224 e. The summed E-state index contributed by atoms with van der Waals surface area (Å²) in [6.45, 7) is 0. The molecule has 3 atom stereocenters. The van der Waals surface area contributed by atoms with Crippen molar-refractivity contribution >= 4 is 23.2 Å². The first-order valence-electron chi connectivity index (χ1n) is 7.27. The zero-order valence-corrected chi connectivity index (χ0v) is 11.6. The number of alkyl halides is 1. The van der Waals surface area contributed by atoms with Crippen LogP contribution in [-0.4, -0.2) is 5.91 Å². The molecular weight excluding hydrogens is 258 g/mol. The van der Waals surface area contributed by atoms with Gasteiger partial charge in [-0.05, 0) is 60.6 Å². The SMILES string of the molecule is O=C1CCc2cc(C(Cl)C3CC4CC4C3)ccc2N1. The van der Waals surface area contributed by atoms with Gasteiger partial charge >= 0.3 is 0 Å². The molecule has 2 aliphatic carbocycles. The van der Waals surface area contributed by atoms with E-state index in [9.17, 15) is 4.79 Å². The lowest BCUT2D eigenvalue weighted by molar-refractivity contribution is -0.116. The van der Waals surface area contributed by atoms with Crippen LogP contribution in [0.2, 0.25) is 0 Å². The van der Waals surface area contributed by atoms with Gasteiger partial charge in [-0.2, -0.15) is 0 Å². The Morgan fingerprint density at radius 1 is 1.16 bits per heavy atom. The fourth-order valence-electron chi connectivity index (χ4n) is 3.85. The normalized spacial score (nSPS) is 33.3. The summed E-state index contributed by atoms with van der Waals surface area (Å²) in [5.41, 5.74) is 3.45. The van der Waals surface area contributed by atoms with Crippen molar-refractivity contribution in [1.29, 1.82) is 0 Å². The number of carbonyl (C=O) groups excluding carboxylic acids is 1. The number of hydrogen-bond acceptors (Lipinski definition) is 1. The Morgan fingerprint density at radius 3 is 2.74 bits per heavy atom. The highest BCUT2D eigenvalue weighted by molar-refractivity contribution is 6.21. The molecule has 0 bridgehead atoms. The average Bonchev–Trinajstić information content (AvgIpc) is 3.04. The number of amides is 1. The molecule has 0 radical (unpaired) electrons. The number of benzene rings is 1. The van der Waals surface area contributed by atoms with Crippen LogP contribution >= 0.6 is 11.6 Å². The maximum absolute atomic E-state index is 11.4. The lowest BCUT2D eigenvalue weighted by atomic mass is 9.91. The fourth-order valence-corrected chi connectivity index (χ4v) is 4.19. The molecule has 3 unspecified atom stereocenters. The second-order valence-corrected chi connectivity index (χ2v) is 6.82. The monoisotopic (exact) mass is 275 g/mol. The van der Waals surface area contributed by atoms with Gasteiger partial charge in [0.1, 0.15) is 0 Å². The van der Waals surface area contributed by atoms with Crippen molar-refractivity contribution in [2.45, 2.75) is 37.5 Å². The molecule has 1 heterocycles. The summed E-state index contributed by atoms with van der Waals surface area (Å²) >= 11 is 6.68. The van der Waals surface area contributed by atoms with Crippen molar-refractivity contribution in [3.05, 3.63) is 29.3 Å². The van der Waals surface area contributed by atoms with E-state index in [1.807, 2.05) is 6.07 Å². The van der Waals surface area contributed by atoms with E-state index in [1.165, 1.54) is 30.4 Å². The largest absolute Gasteiger partial charge is 0.326 e. The number of aryl methyl sites for hydroxylation is 1. The predicted octanol–water partition coefficient (Wildman–Crippen LogP) is 3.90. The molecule has 1 N–H and O–H groups in total. The Labute approximate surface area is 118 Å². The van der Waals surface area contributed by atoms with Crippen LogP contribution in [0.1, 0.15) is 42.2 Å². The van der Waals surface area contributed by atoms with Gasteiger partial charge in [-0.1, -0.05) is 12.1 Å². The Bertz CT molecular complexity index is 532. The first-order chi connectivity index (χ1) is 9.20. The average molecular weight is 276 g/mol. The third kappa shape index (κ3) is 2.06. The van der Waals surface area contributed by atoms with Crippen LogP contribution in [0.5, 0.6) is 0 Å². The summed E-state index contributed by atoms with van der Waals surface area (Å²) in [5, 5.41) is 3.08. The molecule has 0 aromatic heterocycles. The molecule has 1 aliphatic heterocycles. The number of rotatable bonds is 2. The Hall–Kier alpha value is -1.02. The molecular formula is C16H18ClNO. The maximum atomic E-state index is 11.4. The van der Waals surface area contributed by atoms with E-state index >= 15 is 0 Å². The molecule has 2 fully saturated rings. The second-order valence-electron chi connectivity index (χ2n) is 6.35. The van der Waals surface area contributed by atoms with Gasteiger partial charge in [0.2, 0.25) is 5.91 Å². The third-order valence-electron chi connectivity index (χ3n) is 5.04. The number of nitrogens with one attached hydrogen (secondary N) is 1. The van der Waals surface area contributed by atoms with Gasteiger partial charge in [0.05, 0.1) is 5.38 Å². The zero-order chi connectivity index (χ0) is 13.0. The molecule has 19 heavy (non-hydrogen) atoms. The quantitative estimate of drug-likeness (QED) is 0.815. The lowest BCUT2D eigenvalue weighted by Crippen LogP contribution is -2.19. The summed E-state index contributed by atoms with van der Waals surface area (Å²) in [5.74, 6) is 2.73. The minimum atomic E-state index is 0.124. The molecule has 3 aliphatic rings. The van der Waals surface area contributed by atoms with Crippen LogP contribution in [0.15, 0.2) is 18.2 Å². The van der Waals surface area contributed by atoms with Gasteiger partial charge in [-0.3, -0.25) is 4.79 Å². The summed E-state index contributed by atoms with van der Waals surface area (Å²) in [6, 6.07) is 6.31. The number of halogens is 1. The lowest BCUT2D eigenvalue weighted by Gasteiger charge is -2.22. The molecule has 1 aromatic carbocycles. The highest BCUT2D eigenvalue weighted by atomic mass is 35.5. The van der Waals surface area contributed by atoms with Gasteiger partial charge < -0.3 is 5.32 Å². The molecule has 100 valence electrons. The predicted molar refractivity (Wildman–Crippen MR) is 76.3 cm³/mol. The second kappa shape index (κ2) is 4.24. The van der Waals surface area contributed by atoms with Gasteiger partial charge in [-0.25, -0.2) is 0 Å². The summed E-state index contributed by atoms with van der Waals surface area (Å²) in [7, 11) is 0. The Morgan fingerprint density at radius 2 is 1.95 bits per heavy atom. The van der Waals surface area contributed by atoms with Crippen LogP contribution in [0.4, 0.5) is 5.69 Å². The molecule has 4 rings (SSSR count). The first-order valence-corrected chi connectivity index (χ1v) is 7.71. The van der Waals surface area contributed by atoms with Gasteiger partial charge in [0.15, 0.2) is 0 Å². The van der Waals surface area contributed by atoms with E-state index in [-0.39, 0.29) is 11.3 Å². The van der Waals surface area contributed by atoms with E-state index in [1.54, 1.807) is 0 Å².